The Hall–Kier alpha value is -3.64. The average molecular weight is 442 g/mol. The quantitative estimate of drug-likeness (QED) is 0.455. The number of anilines is 1. The van der Waals surface area contributed by atoms with E-state index in [-0.39, 0.29) is 12.5 Å². The van der Waals surface area contributed by atoms with Crippen LogP contribution in [0.4, 0.5) is 11.4 Å². The first-order chi connectivity index (χ1) is 15.7. The van der Waals surface area contributed by atoms with Crippen LogP contribution in [-0.2, 0) is 17.8 Å². The van der Waals surface area contributed by atoms with Gasteiger partial charge in [0.25, 0.3) is 5.91 Å². The molecule has 0 bridgehead atoms. The Labute approximate surface area is 190 Å². The molecule has 4 aromatic rings. The Balaban J connectivity index is 1.56. The number of nitrogens with zero attached hydrogens (tertiary/aromatic N) is 2. The number of aromatic nitrogens is 1. The maximum absolute atomic E-state index is 11.8. The zero-order chi connectivity index (χ0) is 21.9. The molecule has 0 fully saturated rings. The van der Waals surface area contributed by atoms with Crippen LogP contribution in [0.5, 0.6) is 5.75 Å². The van der Waals surface area contributed by atoms with Crippen molar-refractivity contribution >= 4 is 28.6 Å². The van der Waals surface area contributed by atoms with Gasteiger partial charge in [0.2, 0.25) is 0 Å². The first kappa shape index (κ1) is 20.3. The van der Waals surface area contributed by atoms with Gasteiger partial charge in [-0.2, -0.15) is 0 Å². The minimum Gasteiger partial charge on any atom is -0.482 e. The van der Waals surface area contributed by atoms with Crippen LogP contribution < -0.4 is 14.9 Å². The lowest BCUT2D eigenvalue weighted by atomic mass is 10.1. The molecule has 2 heterocycles. The number of rotatable bonds is 5. The van der Waals surface area contributed by atoms with Gasteiger partial charge < -0.3 is 14.6 Å². The van der Waals surface area contributed by atoms with E-state index in [1.54, 1.807) is 11.3 Å². The normalized spacial score (nSPS) is 13.4. The third kappa shape index (κ3) is 4.36. The number of hydrogen-bond acceptors (Lipinski definition) is 4. The van der Waals surface area contributed by atoms with Crippen molar-refractivity contribution in [1.82, 2.24) is 4.57 Å². The van der Waals surface area contributed by atoms with Crippen LogP contribution in [0.25, 0.3) is 11.3 Å². The summed E-state index contributed by atoms with van der Waals surface area (Å²) in [6.07, 6.45) is 0.899. The highest BCUT2D eigenvalue weighted by Crippen LogP contribution is 2.33. The lowest BCUT2D eigenvalue weighted by molar-refractivity contribution is -0.118. The molecular weight excluding hydrogens is 418 g/mol. The molecule has 1 amide bonds. The molecule has 0 atom stereocenters. The van der Waals surface area contributed by atoms with Crippen LogP contribution in [0.1, 0.15) is 11.1 Å². The van der Waals surface area contributed by atoms with Crippen molar-refractivity contribution in [3.8, 4) is 17.0 Å². The predicted molar refractivity (Wildman–Crippen MR) is 128 cm³/mol. The van der Waals surface area contributed by atoms with Gasteiger partial charge in [0.15, 0.2) is 11.4 Å². The van der Waals surface area contributed by atoms with Crippen molar-refractivity contribution in [2.45, 2.75) is 19.9 Å². The molecule has 0 spiro atoms. The second kappa shape index (κ2) is 8.85. The van der Waals surface area contributed by atoms with E-state index in [9.17, 15) is 4.79 Å². The highest BCUT2D eigenvalue weighted by atomic mass is 32.1. The Morgan fingerprint density at radius 2 is 1.88 bits per heavy atom. The molecule has 1 N–H and O–H groups in total. The van der Waals surface area contributed by atoms with Gasteiger partial charge in [-0.3, -0.25) is 4.79 Å². The van der Waals surface area contributed by atoms with Crippen LogP contribution in [0.2, 0.25) is 0 Å². The molecular formula is C26H23N3O2S. The summed E-state index contributed by atoms with van der Waals surface area (Å²) >= 11 is 1.62. The van der Waals surface area contributed by atoms with Gasteiger partial charge in [0.1, 0.15) is 5.75 Å². The number of fused-ring (bicyclic) bond motifs is 1. The molecule has 0 saturated heterocycles. The van der Waals surface area contributed by atoms with Crippen molar-refractivity contribution in [1.29, 1.82) is 0 Å². The molecule has 1 aliphatic heterocycles. The summed E-state index contributed by atoms with van der Waals surface area (Å²) in [5.41, 5.74) is 6.22. The van der Waals surface area contributed by atoms with E-state index < -0.39 is 0 Å². The van der Waals surface area contributed by atoms with Crippen LogP contribution in [-0.4, -0.2) is 17.1 Å². The second-order valence-corrected chi connectivity index (χ2v) is 8.62. The van der Waals surface area contributed by atoms with E-state index >= 15 is 0 Å². The van der Waals surface area contributed by atoms with Crippen LogP contribution in [0.3, 0.4) is 0 Å². The van der Waals surface area contributed by atoms with Gasteiger partial charge >= 0.3 is 0 Å². The fourth-order valence-corrected chi connectivity index (χ4v) is 4.68. The van der Waals surface area contributed by atoms with Crippen molar-refractivity contribution < 1.29 is 9.53 Å². The third-order valence-corrected chi connectivity index (χ3v) is 6.30. The zero-order valence-corrected chi connectivity index (χ0v) is 18.6. The number of carbonyl (C=O) groups excluding carboxylic acids is 1. The summed E-state index contributed by atoms with van der Waals surface area (Å²) < 4.78 is 7.78. The number of carbonyl (C=O) groups is 1. The number of amides is 1. The Bertz CT molecular complexity index is 1320. The number of thiazole rings is 1. The van der Waals surface area contributed by atoms with Crippen molar-refractivity contribution in [3.63, 3.8) is 0 Å². The average Bonchev–Trinajstić information content (AvgIpc) is 3.21. The monoisotopic (exact) mass is 441 g/mol. The summed E-state index contributed by atoms with van der Waals surface area (Å²) in [5.74, 6) is 0.566. The third-order valence-electron chi connectivity index (χ3n) is 5.43. The SMILES string of the molecule is Cc1ccc(N=c2scc(-c3ccc4c(c3)NC(=O)CO4)n2CCc2ccccc2)cc1. The maximum atomic E-state index is 11.8. The fraction of sp³-hybridized carbons (Fsp3) is 0.154. The zero-order valence-electron chi connectivity index (χ0n) is 17.7. The number of benzene rings is 3. The fourth-order valence-electron chi connectivity index (χ4n) is 3.72. The summed E-state index contributed by atoms with van der Waals surface area (Å²) in [4.78, 5) is 17.6. The van der Waals surface area contributed by atoms with E-state index in [1.165, 1.54) is 11.1 Å². The van der Waals surface area contributed by atoms with Gasteiger partial charge in [-0.15, -0.1) is 11.3 Å². The number of nitrogens with one attached hydrogen (secondary N) is 1. The van der Waals surface area contributed by atoms with Crippen molar-refractivity contribution in [2.75, 3.05) is 11.9 Å². The van der Waals surface area contributed by atoms with Gasteiger partial charge in [-0.25, -0.2) is 4.99 Å². The molecule has 0 radical (unpaired) electrons. The molecule has 6 heteroatoms. The lowest BCUT2D eigenvalue weighted by Crippen LogP contribution is -2.25. The summed E-state index contributed by atoms with van der Waals surface area (Å²) in [6.45, 7) is 2.93. The van der Waals surface area contributed by atoms with Crippen LogP contribution in [0.15, 0.2) is 83.2 Å². The Morgan fingerprint density at radius 1 is 1.06 bits per heavy atom. The minimum atomic E-state index is -0.132. The highest BCUT2D eigenvalue weighted by molar-refractivity contribution is 7.07. The van der Waals surface area contributed by atoms with Gasteiger partial charge in [0, 0.05) is 17.5 Å². The Kier molecular flexibility index (Phi) is 5.60. The van der Waals surface area contributed by atoms with Crippen molar-refractivity contribution in [3.05, 3.63) is 94.1 Å². The topological polar surface area (TPSA) is 55.6 Å². The highest BCUT2D eigenvalue weighted by Gasteiger charge is 2.18. The van der Waals surface area contributed by atoms with E-state index in [4.69, 9.17) is 9.73 Å². The molecule has 0 unspecified atom stereocenters. The first-order valence-electron chi connectivity index (χ1n) is 10.6. The van der Waals surface area contributed by atoms with E-state index in [2.05, 4.69) is 58.6 Å². The molecule has 32 heavy (non-hydrogen) atoms. The smallest absolute Gasteiger partial charge is 0.262 e. The summed E-state index contributed by atoms with van der Waals surface area (Å²) in [5, 5.41) is 5.04. The number of ether oxygens (including phenoxy) is 1. The van der Waals surface area contributed by atoms with Gasteiger partial charge in [-0.05, 0) is 49.2 Å². The molecule has 5 nitrogen and oxygen atoms in total. The van der Waals surface area contributed by atoms with E-state index in [1.807, 2.05) is 36.4 Å². The van der Waals surface area contributed by atoms with Gasteiger partial charge in [0.05, 0.1) is 17.1 Å². The molecule has 0 saturated carbocycles. The molecule has 1 aromatic heterocycles. The van der Waals surface area contributed by atoms with E-state index in [0.717, 1.165) is 34.7 Å². The number of aryl methyl sites for hydroxylation is 2. The molecule has 160 valence electrons. The minimum absolute atomic E-state index is 0.0570. The largest absolute Gasteiger partial charge is 0.482 e. The molecule has 1 aliphatic rings. The van der Waals surface area contributed by atoms with E-state index in [0.29, 0.717) is 11.4 Å². The molecule has 5 rings (SSSR count). The van der Waals surface area contributed by atoms with Crippen LogP contribution in [0, 0.1) is 6.92 Å². The van der Waals surface area contributed by atoms with Crippen LogP contribution >= 0.6 is 11.3 Å². The first-order valence-corrected chi connectivity index (χ1v) is 11.4. The Morgan fingerprint density at radius 3 is 2.69 bits per heavy atom. The maximum Gasteiger partial charge on any atom is 0.262 e. The second-order valence-electron chi connectivity index (χ2n) is 7.79. The molecule has 3 aromatic carbocycles. The predicted octanol–water partition coefficient (Wildman–Crippen LogP) is 5.33. The van der Waals surface area contributed by atoms with Crippen molar-refractivity contribution in [2.24, 2.45) is 4.99 Å². The summed E-state index contributed by atoms with van der Waals surface area (Å²) in [7, 11) is 0. The number of hydrogen-bond donors (Lipinski definition) is 1. The standard InChI is InChI=1S/C26H23N3O2S/c1-18-7-10-21(11-8-18)27-26-29(14-13-19-5-3-2-4-6-19)23(17-32-26)20-9-12-24-22(15-20)28-25(30)16-31-24/h2-12,15,17H,13-14,16H2,1H3,(H,28,30). The lowest BCUT2D eigenvalue weighted by Gasteiger charge is -2.19. The summed E-state index contributed by atoms with van der Waals surface area (Å²) in [6, 6.07) is 24.6. The van der Waals surface area contributed by atoms with Gasteiger partial charge in [-0.1, -0.05) is 48.0 Å². The molecule has 0 aliphatic carbocycles.